The Labute approximate surface area is 188 Å². The normalized spacial score (nSPS) is 17.5. The molecule has 1 unspecified atom stereocenters. The van der Waals surface area contributed by atoms with Crippen LogP contribution in [-0.2, 0) is 9.53 Å². The predicted molar refractivity (Wildman–Crippen MR) is 121 cm³/mol. The van der Waals surface area contributed by atoms with Crippen molar-refractivity contribution in [2.45, 2.75) is 0 Å². The third kappa shape index (κ3) is 4.38. The van der Waals surface area contributed by atoms with Crippen molar-refractivity contribution >= 4 is 40.9 Å². The molecule has 0 radical (unpaired) electrons. The van der Waals surface area contributed by atoms with Crippen molar-refractivity contribution in [2.24, 2.45) is 10.9 Å². The molecular formula is C24H18N3O6+. The molecular weight excluding hydrogens is 426 g/mol. The predicted octanol–water partition coefficient (Wildman–Crippen LogP) is 3.75. The Kier molecular flexibility index (Phi) is 5.77. The zero-order valence-corrected chi connectivity index (χ0v) is 17.4. The summed E-state index contributed by atoms with van der Waals surface area (Å²) < 4.78 is 6.63. The van der Waals surface area contributed by atoms with Crippen LogP contribution in [0.15, 0.2) is 83.6 Å². The quantitative estimate of drug-likeness (QED) is 0.411. The summed E-state index contributed by atoms with van der Waals surface area (Å²) in [4.78, 5) is 39.9. The van der Waals surface area contributed by atoms with Crippen LogP contribution in [-0.4, -0.2) is 45.1 Å². The fourth-order valence-electron chi connectivity index (χ4n) is 3.49. The van der Waals surface area contributed by atoms with Gasteiger partial charge >= 0.3 is 17.7 Å². The molecule has 9 heteroatoms. The molecule has 0 spiro atoms. The average molecular weight is 444 g/mol. The number of ether oxygens (including phenoxy) is 1. The molecule has 0 fully saturated rings. The monoisotopic (exact) mass is 444 g/mol. The van der Waals surface area contributed by atoms with E-state index in [0.717, 1.165) is 0 Å². The van der Waals surface area contributed by atoms with E-state index in [1.165, 1.54) is 48.1 Å². The number of amides is 1. The van der Waals surface area contributed by atoms with E-state index in [1.807, 2.05) is 0 Å². The SMILES string of the molecule is COC1=CC2C(=O)[N+](c3ccc(C(=O)O)cc3)=C(/C=C/c3cccc([N+](=O)[O-])c3)N=C2C=C1. The van der Waals surface area contributed by atoms with Crippen molar-refractivity contribution in [2.75, 3.05) is 7.11 Å². The number of aliphatic imine (C=N–C) groups is 1. The third-order valence-electron chi connectivity index (χ3n) is 5.14. The molecule has 2 aliphatic rings. The first-order chi connectivity index (χ1) is 15.9. The Morgan fingerprint density at radius 1 is 1.18 bits per heavy atom. The lowest BCUT2D eigenvalue weighted by atomic mass is 9.94. The number of allylic oxidation sites excluding steroid dienone is 2. The number of carbonyl (C=O) groups is 2. The number of aromatic carboxylic acids is 1. The minimum atomic E-state index is -1.08. The topological polar surface area (TPSA) is 122 Å². The van der Waals surface area contributed by atoms with E-state index in [0.29, 0.717) is 28.6 Å². The molecule has 4 rings (SSSR count). The lowest BCUT2D eigenvalue weighted by Gasteiger charge is -2.18. The number of hydrogen-bond acceptors (Lipinski definition) is 6. The molecule has 0 saturated heterocycles. The van der Waals surface area contributed by atoms with Gasteiger partial charge < -0.3 is 9.84 Å². The first-order valence-corrected chi connectivity index (χ1v) is 9.86. The van der Waals surface area contributed by atoms with Crippen molar-refractivity contribution in [3.63, 3.8) is 0 Å². The van der Waals surface area contributed by atoms with Gasteiger partial charge in [0.15, 0.2) is 5.71 Å². The number of nitrogens with zero attached hydrogens (tertiary/aromatic N) is 3. The highest BCUT2D eigenvalue weighted by Crippen LogP contribution is 2.26. The molecule has 9 nitrogen and oxygen atoms in total. The van der Waals surface area contributed by atoms with Crippen LogP contribution in [0.2, 0.25) is 0 Å². The van der Waals surface area contributed by atoms with Gasteiger partial charge in [-0.05, 0) is 59.1 Å². The molecule has 1 amide bonds. The van der Waals surface area contributed by atoms with Gasteiger partial charge in [0.05, 0.1) is 17.6 Å². The van der Waals surface area contributed by atoms with Gasteiger partial charge in [-0.2, -0.15) is 4.58 Å². The Bertz CT molecular complexity index is 1320. The van der Waals surface area contributed by atoms with E-state index >= 15 is 0 Å². The van der Waals surface area contributed by atoms with E-state index in [9.17, 15) is 24.8 Å². The zero-order chi connectivity index (χ0) is 23.5. The number of amidine groups is 1. The van der Waals surface area contributed by atoms with E-state index in [4.69, 9.17) is 4.74 Å². The van der Waals surface area contributed by atoms with Crippen LogP contribution >= 0.6 is 0 Å². The Hall–Kier alpha value is -4.66. The maximum absolute atomic E-state index is 13.5. The molecule has 2 aromatic carbocycles. The molecule has 0 bridgehead atoms. The number of fused-ring (bicyclic) bond motifs is 1. The van der Waals surface area contributed by atoms with Crippen LogP contribution in [0.25, 0.3) is 6.08 Å². The number of nitro groups is 1. The van der Waals surface area contributed by atoms with Crippen LogP contribution in [0, 0.1) is 16.0 Å². The van der Waals surface area contributed by atoms with Crippen LogP contribution < -0.4 is 0 Å². The standard InChI is InChI=1S/C24H17N3O6/c1-33-19-10-11-21-20(14-19)23(28)26(17-8-6-16(7-9-17)24(29)30)22(25-21)12-5-15-3-2-4-18(13-15)27(31)32/h2-14,20H,1H3/p+1/b12-5+. The highest BCUT2D eigenvalue weighted by atomic mass is 16.6. The second-order valence-corrected chi connectivity index (χ2v) is 7.19. The highest BCUT2D eigenvalue weighted by Gasteiger charge is 2.40. The molecule has 164 valence electrons. The first kappa shape index (κ1) is 21.6. The minimum Gasteiger partial charge on any atom is -0.497 e. The van der Waals surface area contributed by atoms with Gasteiger partial charge in [0, 0.05) is 18.2 Å². The first-order valence-electron chi connectivity index (χ1n) is 9.86. The van der Waals surface area contributed by atoms with E-state index in [-0.39, 0.29) is 17.2 Å². The summed E-state index contributed by atoms with van der Waals surface area (Å²) in [5.41, 5.74) is 1.56. The smallest absolute Gasteiger partial charge is 0.335 e. The maximum atomic E-state index is 13.5. The van der Waals surface area contributed by atoms with Crippen molar-refractivity contribution in [3.05, 3.63) is 99.8 Å². The number of nitro benzene ring substituents is 1. The number of benzene rings is 2. The minimum absolute atomic E-state index is 0.0539. The summed E-state index contributed by atoms with van der Waals surface area (Å²) in [5, 5.41) is 20.2. The Morgan fingerprint density at radius 2 is 1.94 bits per heavy atom. The summed E-state index contributed by atoms with van der Waals surface area (Å²) in [5.74, 6) is -1.21. The molecule has 1 aliphatic heterocycles. The van der Waals surface area contributed by atoms with Gasteiger partial charge in [0.25, 0.3) is 5.69 Å². The molecule has 1 atom stereocenters. The molecule has 0 saturated carbocycles. The molecule has 2 aromatic rings. The number of non-ortho nitro benzene ring substituents is 1. The highest BCUT2D eigenvalue weighted by molar-refractivity contribution is 6.19. The van der Waals surface area contributed by atoms with E-state index < -0.39 is 16.8 Å². The number of hydrogen-bond donors (Lipinski definition) is 1. The molecule has 1 aliphatic carbocycles. The Morgan fingerprint density at radius 3 is 2.61 bits per heavy atom. The molecule has 33 heavy (non-hydrogen) atoms. The lowest BCUT2D eigenvalue weighted by molar-refractivity contribution is -0.384. The van der Waals surface area contributed by atoms with E-state index in [1.54, 1.807) is 42.5 Å². The fraction of sp³-hybridized carbons (Fsp3) is 0.0833. The summed E-state index contributed by atoms with van der Waals surface area (Å²) >= 11 is 0. The van der Waals surface area contributed by atoms with Gasteiger partial charge in [-0.25, -0.2) is 9.59 Å². The Balaban J connectivity index is 1.82. The van der Waals surface area contributed by atoms with Gasteiger partial charge in [-0.1, -0.05) is 12.1 Å². The van der Waals surface area contributed by atoms with Crippen LogP contribution in [0.1, 0.15) is 15.9 Å². The average Bonchev–Trinajstić information content (AvgIpc) is 2.83. The van der Waals surface area contributed by atoms with Crippen molar-refractivity contribution in [1.82, 2.24) is 0 Å². The third-order valence-corrected chi connectivity index (χ3v) is 5.14. The second-order valence-electron chi connectivity index (χ2n) is 7.19. The zero-order valence-electron chi connectivity index (χ0n) is 17.4. The summed E-state index contributed by atoms with van der Waals surface area (Å²) in [6.45, 7) is 0. The lowest BCUT2D eigenvalue weighted by Crippen LogP contribution is -2.38. The number of methoxy groups -OCH3 is 1. The van der Waals surface area contributed by atoms with Crippen LogP contribution in [0.5, 0.6) is 0 Å². The molecule has 1 heterocycles. The van der Waals surface area contributed by atoms with Crippen LogP contribution in [0.3, 0.4) is 0 Å². The molecule has 0 aromatic heterocycles. The number of rotatable bonds is 6. The van der Waals surface area contributed by atoms with Crippen molar-refractivity contribution < 1.29 is 28.9 Å². The summed E-state index contributed by atoms with van der Waals surface area (Å²) in [6.07, 6.45) is 8.30. The number of carbonyl (C=O) groups excluding carboxylic acids is 1. The van der Waals surface area contributed by atoms with Gasteiger partial charge in [-0.3, -0.25) is 10.1 Å². The van der Waals surface area contributed by atoms with Crippen LogP contribution in [0.4, 0.5) is 11.4 Å². The maximum Gasteiger partial charge on any atom is 0.335 e. The largest absolute Gasteiger partial charge is 0.497 e. The van der Waals surface area contributed by atoms with Gasteiger partial charge in [0.2, 0.25) is 0 Å². The number of carboxylic acid groups (broad SMARTS) is 1. The number of carboxylic acids is 1. The van der Waals surface area contributed by atoms with Crippen molar-refractivity contribution in [1.29, 1.82) is 0 Å². The van der Waals surface area contributed by atoms with E-state index in [2.05, 4.69) is 4.99 Å². The summed E-state index contributed by atoms with van der Waals surface area (Å²) in [7, 11) is 1.51. The van der Waals surface area contributed by atoms with Gasteiger partial charge in [0.1, 0.15) is 17.4 Å². The second kappa shape index (κ2) is 8.83. The molecule has 1 N–H and O–H groups in total. The summed E-state index contributed by atoms with van der Waals surface area (Å²) in [6, 6.07) is 11.9. The van der Waals surface area contributed by atoms with Gasteiger partial charge in [-0.15, -0.1) is 0 Å². The van der Waals surface area contributed by atoms with Crippen molar-refractivity contribution in [3.8, 4) is 0 Å². The fourth-order valence-corrected chi connectivity index (χ4v) is 3.49.